The number of benzene rings is 3. The first-order valence-corrected chi connectivity index (χ1v) is 11.9. The van der Waals surface area contributed by atoms with Crippen molar-refractivity contribution in [2.24, 2.45) is 0 Å². The summed E-state index contributed by atoms with van der Waals surface area (Å²) >= 11 is 0. The summed E-state index contributed by atoms with van der Waals surface area (Å²) in [5.74, 6) is 0.234. The second-order valence-corrected chi connectivity index (χ2v) is 9.31. The number of amides is 1. The molecule has 1 atom stereocenters. The highest BCUT2D eigenvalue weighted by atomic mass is 32.2. The predicted octanol–water partition coefficient (Wildman–Crippen LogP) is 4.47. The highest BCUT2D eigenvalue weighted by Gasteiger charge is 2.27. The van der Waals surface area contributed by atoms with E-state index < -0.39 is 15.9 Å². The van der Waals surface area contributed by atoms with Crippen molar-refractivity contribution in [3.8, 4) is 5.75 Å². The SMILES string of the molecule is CCOc1ccc(N(CC(=O)N[C@@H](C)c2ccc(C)cc2)S(=O)(=O)c2ccccc2)cc1. The lowest BCUT2D eigenvalue weighted by Gasteiger charge is -2.25. The van der Waals surface area contributed by atoms with Gasteiger partial charge in [0.05, 0.1) is 23.2 Å². The van der Waals surface area contributed by atoms with Gasteiger partial charge in [0.15, 0.2) is 0 Å². The van der Waals surface area contributed by atoms with Crippen LogP contribution in [0.4, 0.5) is 5.69 Å². The monoisotopic (exact) mass is 452 g/mol. The molecule has 0 fully saturated rings. The minimum Gasteiger partial charge on any atom is -0.494 e. The Morgan fingerprint density at radius 3 is 2.19 bits per heavy atom. The van der Waals surface area contributed by atoms with E-state index in [1.165, 1.54) is 12.1 Å². The van der Waals surface area contributed by atoms with Gasteiger partial charge in [-0.05, 0) is 62.7 Å². The van der Waals surface area contributed by atoms with Gasteiger partial charge in [-0.25, -0.2) is 8.42 Å². The fraction of sp³-hybridized carbons (Fsp3) is 0.240. The van der Waals surface area contributed by atoms with E-state index in [2.05, 4.69) is 5.32 Å². The van der Waals surface area contributed by atoms with Crippen molar-refractivity contribution in [3.63, 3.8) is 0 Å². The average Bonchev–Trinajstić information content (AvgIpc) is 2.79. The van der Waals surface area contributed by atoms with Gasteiger partial charge in [0.2, 0.25) is 5.91 Å². The number of carbonyl (C=O) groups is 1. The Morgan fingerprint density at radius 1 is 0.969 bits per heavy atom. The van der Waals surface area contributed by atoms with E-state index in [1.54, 1.807) is 42.5 Å². The second-order valence-electron chi connectivity index (χ2n) is 7.45. The van der Waals surface area contributed by atoms with Crippen molar-refractivity contribution in [2.75, 3.05) is 17.5 Å². The molecule has 3 aromatic carbocycles. The molecule has 1 N–H and O–H groups in total. The number of hydrogen-bond donors (Lipinski definition) is 1. The van der Waals surface area contributed by atoms with Crippen molar-refractivity contribution < 1.29 is 17.9 Å². The third-order valence-electron chi connectivity index (χ3n) is 5.01. The van der Waals surface area contributed by atoms with E-state index in [1.807, 2.05) is 45.0 Å². The van der Waals surface area contributed by atoms with Gasteiger partial charge in [-0.1, -0.05) is 48.0 Å². The summed E-state index contributed by atoms with van der Waals surface area (Å²) in [6.07, 6.45) is 0. The molecule has 0 spiro atoms. The molecule has 0 heterocycles. The van der Waals surface area contributed by atoms with Gasteiger partial charge in [0, 0.05) is 0 Å². The smallest absolute Gasteiger partial charge is 0.264 e. The van der Waals surface area contributed by atoms with E-state index >= 15 is 0 Å². The van der Waals surface area contributed by atoms with E-state index in [0.717, 1.165) is 15.4 Å². The van der Waals surface area contributed by atoms with Crippen LogP contribution in [0.1, 0.15) is 31.0 Å². The van der Waals surface area contributed by atoms with Gasteiger partial charge in [-0.3, -0.25) is 9.10 Å². The van der Waals surface area contributed by atoms with Crippen LogP contribution in [0.3, 0.4) is 0 Å². The van der Waals surface area contributed by atoms with Crippen molar-refractivity contribution in [3.05, 3.63) is 90.0 Å². The molecule has 0 bridgehead atoms. The van der Waals surface area contributed by atoms with Gasteiger partial charge in [0.25, 0.3) is 10.0 Å². The predicted molar refractivity (Wildman–Crippen MR) is 126 cm³/mol. The number of sulfonamides is 1. The normalized spacial score (nSPS) is 12.1. The van der Waals surface area contributed by atoms with E-state index in [9.17, 15) is 13.2 Å². The molecular weight excluding hydrogens is 424 g/mol. The van der Waals surface area contributed by atoms with Gasteiger partial charge in [0.1, 0.15) is 12.3 Å². The van der Waals surface area contributed by atoms with Crippen LogP contribution in [0.25, 0.3) is 0 Å². The third kappa shape index (κ3) is 5.68. The molecule has 32 heavy (non-hydrogen) atoms. The van der Waals surface area contributed by atoms with Gasteiger partial charge in [-0.15, -0.1) is 0 Å². The molecular formula is C25H28N2O4S. The number of rotatable bonds is 9. The quantitative estimate of drug-likeness (QED) is 0.520. The largest absolute Gasteiger partial charge is 0.494 e. The molecule has 0 aliphatic heterocycles. The molecule has 0 saturated carbocycles. The maximum Gasteiger partial charge on any atom is 0.264 e. The van der Waals surface area contributed by atoms with Gasteiger partial charge < -0.3 is 10.1 Å². The third-order valence-corrected chi connectivity index (χ3v) is 6.80. The number of anilines is 1. The molecule has 6 nitrogen and oxygen atoms in total. The van der Waals surface area contributed by atoms with Crippen LogP contribution in [-0.4, -0.2) is 27.5 Å². The molecule has 0 unspecified atom stereocenters. The Bertz CT molecular complexity index is 1130. The lowest BCUT2D eigenvalue weighted by atomic mass is 10.1. The van der Waals surface area contributed by atoms with Crippen molar-refractivity contribution >= 4 is 21.6 Å². The van der Waals surface area contributed by atoms with Crippen LogP contribution >= 0.6 is 0 Å². The Balaban J connectivity index is 1.86. The Kier molecular flexibility index (Phi) is 7.53. The summed E-state index contributed by atoms with van der Waals surface area (Å²) in [7, 11) is -3.95. The molecule has 3 aromatic rings. The first kappa shape index (κ1) is 23.3. The van der Waals surface area contributed by atoms with Crippen LogP contribution < -0.4 is 14.4 Å². The van der Waals surface area contributed by atoms with Crippen LogP contribution in [-0.2, 0) is 14.8 Å². The first-order chi connectivity index (χ1) is 15.3. The van der Waals surface area contributed by atoms with E-state index in [4.69, 9.17) is 4.74 Å². The Morgan fingerprint density at radius 2 is 1.59 bits per heavy atom. The van der Waals surface area contributed by atoms with Crippen molar-refractivity contribution in [1.82, 2.24) is 5.32 Å². The standard InChI is InChI=1S/C25H28N2O4S/c1-4-31-23-16-14-22(15-17-23)27(32(29,30)24-8-6-5-7-9-24)18-25(28)26-20(3)21-12-10-19(2)11-13-21/h5-17,20H,4,18H2,1-3H3,(H,26,28)/t20-/m0/s1. The zero-order valence-electron chi connectivity index (χ0n) is 18.5. The topological polar surface area (TPSA) is 75.7 Å². The molecule has 168 valence electrons. The van der Waals surface area contributed by atoms with Crippen LogP contribution in [0.2, 0.25) is 0 Å². The van der Waals surface area contributed by atoms with Gasteiger partial charge in [-0.2, -0.15) is 0 Å². The zero-order chi connectivity index (χ0) is 23.1. The molecule has 0 aliphatic carbocycles. The fourth-order valence-electron chi connectivity index (χ4n) is 3.27. The van der Waals surface area contributed by atoms with Crippen LogP contribution in [0.5, 0.6) is 5.75 Å². The molecule has 0 saturated heterocycles. The van der Waals surface area contributed by atoms with E-state index in [-0.39, 0.29) is 17.5 Å². The van der Waals surface area contributed by atoms with Crippen LogP contribution in [0, 0.1) is 6.92 Å². The number of nitrogens with zero attached hydrogens (tertiary/aromatic N) is 1. The highest BCUT2D eigenvalue weighted by molar-refractivity contribution is 7.92. The summed E-state index contributed by atoms with van der Waals surface area (Å²) in [6.45, 7) is 5.90. The minimum atomic E-state index is -3.95. The Hall–Kier alpha value is -3.32. The molecule has 0 radical (unpaired) electrons. The first-order valence-electron chi connectivity index (χ1n) is 10.5. The van der Waals surface area contributed by atoms with Crippen LogP contribution in [0.15, 0.2) is 83.8 Å². The molecule has 0 aromatic heterocycles. The summed E-state index contributed by atoms with van der Waals surface area (Å²) in [6, 6.07) is 22.4. The maximum atomic E-state index is 13.4. The highest BCUT2D eigenvalue weighted by Crippen LogP contribution is 2.26. The summed E-state index contributed by atoms with van der Waals surface area (Å²) in [5, 5.41) is 2.90. The number of carbonyl (C=O) groups excluding carboxylic acids is 1. The Labute approximate surface area is 189 Å². The lowest BCUT2D eigenvalue weighted by molar-refractivity contribution is -0.120. The fourth-order valence-corrected chi connectivity index (χ4v) is 4.71. The summed E-state index contributed by atoms with van der Waals surface area (Å²) < 4.78 is 33.3. The summed E-state index contributed by atoms with van der Waals surface area (Å²) in [4.78, 5) is 13.0. The van der Waals surface area contributed by atoms with Crippen molar-refractivity contribution in [2.45, 2.75) is 31.7 Å². The molecule has 3 rings (SSSR count). The number of hydrogen-bond acceptors (Lipinski definition) is 4. The molecule has 1 amide bonds. The molecule has 0 aliphatic rings. The summed E-state index contributed by atoms with van der Waals surface area (Å²) in [5.41, 5.74) is 2.46. The van der Waals surface area contributed by atoms with E-state index in [0.29, 0.717) is 18.0 Å². The maximum absolute atomic E-state index is 13.4. The second kappa shape index (κ2) is 10.3. The number of aryl methyl sites for hydroxylation is 1. The number of nitrogens with one attached hydrogen (secondary N) is 1. The van der Waals surface area contributed by atoms with Gasteiger partial charge >= 0.3 is 0 Å². The minimum absolute atomic E-state index is 0.119. The zero-order valence-corrected chi connectivity index (χ0v) is 19.3. The van der Waals surface area contributed by atoms with Crippen molar-refractivity contribution in [1.29, 1.82) is 0 Å². The number of ether oxygens (including phenoxy) is 1. The molecule has 7 heteroatoms. The lowest BCUT2D eigenvalue weighted by Crippen LogP contribution is -2.41. The average molecular weight is 453 g/mol.